The Labute approximate surface area is 120 Å². The van der Waals surface area contributed by atoms with Gasteiger partial charge in [0.25, 0.3) is 0 Å². The lowest BCUT2D eigenvalue weighted by Crippen LogP contribution is -2.46. The molecule has 2 aromatic rings. The number of fused-ring (bicyclic) bond motifs is 1. The molecule has 0 radical (unpaired) electrons. The summed E-state index contributed by atoms with van der Waals surface area (Å²) in [6.07, 6.45) is 5.62. The maximum Gasteiger partial charge on any atom is 0.0974 e. The summed E-state index contributed by atoms with van der Waals surface area (Å²) < 4.78 is 0. The Morgan fingerprint density at radius 2 is 1.95 bits per heavy atom. The number of rotatable bonds is 3. The second-order valence-corrected chi connectivity index (χ2v) is 6.19. The molecule has 1 unspecified atom stereocenters. The third kappa shape index (κ3) is 2.21. The largest absolute Gasteiger partial charge is 0.386 e. The summed E-state index contributed by atoms with van der Waals surface area (Å²) in [6.45, 7) is 6.44. The van der Waals surface area contributed by atoms with Crippen molar-refractivity contribution in [3.63, 3.8) is 0 Å². The molecular weight excluding hydrogens is 248 g/mol. The van der Waals surface area contributed by atoms with E-state index in [4.69, 9.17) is 0 Å². The van der Waals surface area contributed by atoms with Crippen molar-refractivity contribution in [2.45, 2.75) is 38.3 Å². The van der Waals surface area contributed by atoms with Gasteiger partial charge < -0.3 is 5.11 Å². The first-order valence-corrected chi connectivity index (χ1v) is 7.36. The summed E-state index contributed by atoms with van der Waals surface area (Å²) in [5.41, 5.74) is 0.760. The third-order valence-corrected chi connectivity index (χ3v) is 4.60. The number of pyridine rings is 1. The highest BCUT2D eigenvalue weighted by Crippen LogP contribution is 2.36. The van der Waals surface area contributed by atoms with Gasteiger partial charge in [0.2, 0.25) is 0 Å². The zero-order chi connectivity index (χ0) is 14.2. The molecule has 3 rings (SSSR count). The smallest absolute Gasteiger partial charge is 0.0974 e. The van der Waals surface area contributed by atoms with E-state index in [2.05, 4.69) is 23.7 Å². The zero-order valence-corrected chi connectivity index (χ0v) is 12.2. The zero-order valence-electron chi connectivity index (χ0n) is 12.2. The molecule has 0 bridgehead atoms. The first-order valence-electron chi connectivity index (χ1n) is 7.36. The molecule has 1 atom stereocenters. The number of aromatic nitrogens is 1. The second-order valence-electron chi connectivity index (χ2n) is 6.19. The Kier molecular flexibility index (Phi) is 3.48. The quantitative estimate of drug-likeness (QED) is 0.931. The van der Waals surface area contributed by atoms with Crippen LogP contribution in [-0.2, 0) is 0 Å². The second kappa shape index (κ2) is 5.15. The summed E-state index contributed by atoms with van der Waals surface area (Å²) in [6, 6.07) is 8.07. The fourth-order valence-electron chi connectivity index (χ4n) is 3.23. The number of benzene rings is 1. The Balaban J connectivity index is 2.01. The van der Waals surface area contributed by atoms with Crippen LogP contribution >= 0.6 is 0 Å². The van der Waals surface area contributed by atoms with Crippen molar-refractivity contribution in [3.8, 4) is 0 Å². The molecule has 3 nitrogen and oxygen atoms in total. The van der Waals surface area contributed by atoms with E-state index in [-0.39, 0.29) is 5.54 Å². The molecule has 1 saturated heterocycles. The average Bonchev–Trinajstić information content (AvgIpc) is 3.01. The lowest BCUT2D eigenvalue weighted by atomic mass is 9.87. The Bertz CT molecular complexity index is 597. The summed E-state index contributed by atoms with van der Waals surface area (Å²) in [7, 11) is 0. The van der Waals surface area contributed by atoms with Crippen molar-refractivity contribution in [3.05, 3.63) is 42.2 Å². The lowest BCUT2D eigenvalue weighted by Gasteiger charge is -2.40. The predicted octanol–water partition coefficient (Wildman–Crippen LogP) is 3.14. The monoisotopic (exact) mass is 270 g/mol. The van der Waals surface area contributed by atoms with Gasteiger partial charge in [0.1, 0.15) is 0 Å². The van der Waals surface area contributed by atoms with Crippen molar-refractivity contribution in [2.75, 3.05) is 13.1 Å². The van der Waals surface area contributed by atoms with E-state index in [0.717, 1.165) is 29.4 Å². The van der Waals surface area contributed by atoms with Crippen LogP contribution < -0.4 is 0 Å². The van der Waals surface area contributed by atoms with Gasteiger partial charge >= 0.3 is 0 Å². The molecule has 1 aliphatic heterocycles. The predicted molar refractivity (Wildman–Crippen MR) is 81.6 cm³/mol. The van der Waals surface area contributed by atoms with Crippen molar-refractivity contribution in [1.82, 2.24) is 9.88 Å². The number of hydrogen-bond acceptors (Lipinski definition) is 3. The van der Waals surface area contributed by atoms with Crippen LogP contribution in [0.15, 0.2) is 36.7 Å². The normalized spacial score (nSPS) is 18.6. The van der Waals surface area contributed by atoms with E-state index in [9.17, 15) is 5.11 Å². The van der Waals surface area contributed by atoms with Crippen LogP contribution in [0.25, 0.3) is 10.8 Å². The number of nitrogens with zero attached hydrogens (tertiary/aromatic N) is 2. The van der Waals surface area contributed by atoms with Crippen LogP contribution in [0.3, 0.4) is 0 Å². The molecule has 0 saturated carbocycles. The van der Waals surface area contributed by atoms with E-state index in [1.165, 1.54) is 12.8 Å². The summed E-state index contributed by atoms with van der Waals surface area (Å²) in [5.74, 6) is 0. The van der Waals surface area contributed by atoms with Gasteiger partial charge in [-0.15, -0.1) is 0 Å². The molecule has 106 valence electrons. The van der Waals surface area contributed by atoms with E-state index in [1.807, 2.05) is 30.5 Å². The summed E-state index contributed by atoms with van der Waals surface area (Å²) in [4.78, 5) is 6.56. The Morgan fingerprint density at radius 3 is 2.70 bits per heavy atom. The van der Waals surface area contributed by atoms with Crippen molar-refractivity contribution in [1.29, 1.82) is 0 Å². The van der Waals surface area contributed by atoms with Crippen LogP contribution in [0.2, 0.25) is 0 Å². The van der Waals surface area contributed by atoms with Crippen LogP contribution in [-0.4, -0.2) is 33.6 Å². The highest BCUT2D eigenvalue weighted by molar-refractivity contribution is 5.85. The maximum atomic E-state index is 10.9. The molecule has 1 aromatic carbocycles. The number of likely N-dealkylation sites (tertiary alicyclic amines) is 1. The molecule has 20 heavy (non-hydrogen) atoms. The topological polar surface area (TPSA) is 36.4 Å². The van der Waals surface area contributed by atoms with Gasteiger partial charge in [-0.2, -0.15) is 0 Å². The van der Waals surface area contributed by atoms with Crippen LogP contribution in [0.1, 0.15) is 38.4 Å². The van der Waals surface area contributed by atoms with E-state index >= 15 is 0 Å². The van der Waals surface area contributed by atoms with Crippen LogP contribution in [0.4, 0.5) is 0 Å². The minimum atomic E-state index is -0.494. The molecule has 1 aromatic heterocycles. The van der Waals surface area contributed by atoms with Gasteiger partial charge in [-0.25, -0.2) is 0 Å². The van der Waals surface area contributed by atoms with Gasteiger partial charge in [-0.1, -0.05) is 18.2 Å². The molecule has 1 N–H and O–H groups in total. The van der Waals surface area contributed by atoms with Crippen molar-refractivity contribution in [2.24, 2.45) is 0 Å². The number of aliphatic hydroxyl groups is 1. The van der Waals surface area contributed by atoms with E-state index in [1.54, 1.807) is 6.20 Å². The third-order valence-electron chi connectivity index (χ3n) is 4.60. The molecule has 0 aliphatic carbocycles. The summed E-state index contributed by atoms with van der Waals surface area (Å²) >= 11 is 0. The van der Waals surface area contributed by atoms with Gasteiger partial charge in [-0.3, -0.25) is 9.88 Å². The fourth-order valence-corrected chi connectivity index (χ4v) is 3.23. The lowest BCUT2D eigenvalue weighted by molar-refractivity contribution is 0.00218. The van der Waals surface area contributed by atoms with Crippen molar-refractivity contribution < 1.29 is 5.11 Å². The molecular formula is C17H22N2O. The maximum absolute atomic E-state index is 10.9. The highest BCUT2D eigenvalue weighted by Gasteiger charge is 2.37. The molecule has 1 aliphatic rings. The van der Waals surface area contributed by atoms with E-state index in [0.29, 0.717) is 0 Å². The van der Waals surface area contributed by atoms with E-state index < -0.39 is 6.10 Å². The van der Waals surface area contributed by atoms with Crippen molar-refractivity contribution >= 4 is 10.8 Å². The van der Waals surface area contributed by atoms with Gasteiger partial charge in [0.15, 0.2) is 0 Å². The minimum Gasteiger partial charge on any atom is -0.386 e. The summed E-state index contributed by atoms with van der Waals surface area (Å²) in [5, 5.41) is 13.1. The molecule has 3 heteroatoms. The first-order chi connectivity index (χ1) is 9.60. The Morgan fingerprint density at radius 1 is 1.20 bits per heavy atom. The fraction of sp³-hybridized carbons (Fsp3) is 0.471. The van der Waals surface area contributed by atoms with Gasteiger partial charge in [0.05, 0.1) is 6.10 Å². The molecule has 0 amide bonds. The average molecular weight is 270 g/mol. The standard InChI is InChI=1S/C17H22N2O/c1-17(2,19-10-3-4-11-19)16(20)15-7-5-6-13-12-18-9-8-14(13)15/h5-9,12,16,20H,3-4,10-11H2,1-2H3. The SMILES string of the molecule is CC(C)(C(O)c1cccc2cnccc12)N1CCCC1. The number of aliphatic hydroxyl groups excluding tert-OH is 1. The van der Waals surface area contributed by atoms with Crippen LogP contribution in [0.5, 0.6) is 0 Å². The molecule has 1 fully saturated rings. The highest BCUT2D eigenvalue weighted by atomic mass is 16.3. The minimum absolute atomic E-state index is 0.242. The van der Waals surface area contributed by atoms with Gasteiger partial charge in [0, 0.05) is 23.3 Å². The number of hydrogen-bond donors (Lipinski definition) is 1. The molecule has 2 heterocycles. The molecule has 0 spiro atoms. The van der Waals surface area contributed by atoms with Crippen LogP contribution in [0, 0.1) is 0 Å². The Hall–Kier alpha value is -1.45. The first kappa shape index (κ1) is 13.5. The van der Waals surface area contributed by atoms with Gasteiger partial charge in [-0.05, 0) is 56.8 Å².